The first-order chi connectivity index (χ1) is 22.3. The Balaban J connectivity index is 1.78. The van der Waals surface area contributed by atoms with Gasteiger partial charge in [0.2, 0.25) is 11.8 Å². The number of nitrogens with zero attached hydrogens (tertiary/aromatic N) is 2. The molecule has 0 aliphatic carbocycles. The van der Waals surface area contributed by atoms with Crippen molar-refractivity contribution < 1.29 is 73.0 Å². The maximum Gasteiger partial charge on any atom is 0.364 e. The molecule has 22 heteroatoms. The van der Waals surface area contributed by atoms with E-state index in [1.54, 1.807) is 6.92 Å². The van der Waals surface area contributed by atoms with E-state index in [4.69, 9.17) is 24.3 Å². The summed E-state index contributed by atoms with van der Waals surface area (Å²) in [6.45, 7) is 2.86. The lowest BCUT2D eigenvalue weighted by atomic mass is 9.88. The normalized spacial score (nSPS) is 32.1. The van der Waals surface area contributed by atoms with Crippen molar-refractivity contribution >= 4 is 31.4 Å². The van der Waals surface area contributed by atoms with E-state index in [9.17, 15) is 59.3 Å². The predicted molar refractivity (Wildman–Crippen MR) is 156 cm³/mol. The van der Waals surface area contributed by atoms with Crippen LogP contribution in [-0.2, 0) is 37.5 Å². The number of hydrogen-bond acceptors (Lipinski definition) is 17. The molecule has 1 aromatic heterocycles. The van der Waals surface area contributed by atoms with E-state index in [1.165, 1.54) is 6.07 Å². The van der Waals surface area contributed by atoms with E-state index in [0.717, 1.165) is 17.7 Å². The number of carbonyl (C=O) groups excluding carboxylic acids is 2. The van der Waals surface area contributed by atoms with E-state index in [1.807, 2.05) is 6.92 Å². The zero-order valence-electron chi connectivity index (χ0n) is 26.1. The van der Waals surface area contributed by atoms with E-state index >= 15 is 0 Å². The summed E-state index contributed by atoms with van der Waals surface area (Å²) >= 11 is 0. The first-order valence-electron chi connectivity index (χ1n) is 14.8. The van der Waals surface area contributed by atoms with Crippen LogP contribution in [0, 0.1) is 5.92 Å². The van der Waals surface area contributed by atoms with Gasteiger partial charge in [0, 0.05) is 32.0 Å². The minimum atomic E-state index is -5.81. The Morgan fingerprint density at radius 3 is 2.52 bits per heavy atom. The number of aromatic nitrogens is 2. The molecule has 0 radical (unpaired) electrons. The Labute approximate surface area is 273 Å². The Morgan fingerprint density at radius 2 is 1.94 bits per heavy atom. The van der Waals surface area contributed by atoms with Gasteiger partial charge in [-0.15, -0.1) is 0 Å². The molecule has 21 nitrogen and oxygen atoms in total. The summed E-state index contributed by atoms with van der Waals surface area (Å²) in [6.07, 6.45) is -13.6. The van der Waals surface area contributed by atoms with Crippen LogP contribution in [0.3, 0.4) is 0 Å². The molecule has 12 unspecified atom stereocenters. The summed E-state index contributed by atoms with van der Waals surface area (Å²) in [5.74, 6) is -7.25. The van der Waals surface area contributed by atoms with Crippen LogP contribution in [-0.4, -0.2) is 126 Å². The van der Waals surface area contributed by atoms with E-state index in [0.29, 0.717) is 12.8 Å². The van der Waals surface area contributed by atoms with Gasteiger partial charge in [-0.3, -0.25) is 23.2 Å². The number of nitrogen functional groups attached to an aromatic ring is 1. The van der Waals surface area contributed by atoms with Gasteiger partial charge in [-0.25, -0.2) is 9.59 Å². The highest BCUT2D eigenvalue weighted by atomic mass is 31.2. The SMILES string of the molecule is CCCC(C)C(=O)NCC(O)C(O)C1OC(OP(=O)([O-])OCC2OC(n3ccc(N)nc3=O)C(O)C2O)(C(=O)O)CC(O)C1NC(C)=O. The number of nitrogens with one attached hydrogen (secondary N) is 2. The molecule has 48 heavy (non-hydrogen) atoms. The van der Waals surface area contributed by atoms with Crippen molar-refractivity contribution in [3.05, 3.63) is 22.7 Å². The van der Waals surface area contributed by atoms with Gasteiger partial charge in [0.05, 0.1) is 24.9 Å². The number of phosphoric ester groups is 1. The van der Waals surface area contributed by atoms with Crippen LogP contribution in [0.1, 0.15) is 46.3 Å². The molecule has 12 atom stereocenters. The van der Waals surface area contributed by atoms with Gasteiger partial charge in [0.1, 0.15) is 36.3 Å². The van der Waals surface area contributed by atoms with Gasteiger partial charge in [0.15, 0.2) is 6.23 Å². The average Bonchev–Trinajstić information content (AvgIpc) is 3.27. The number of phosphoric acid groups is 1. The molecule has 0 saturated carbocycles. The number of aliphatic hydroxyl groups excluding tert-OH is 5. The number of aliphatic carboxylic acids is 1. The minimum Gasteiger partial charge on any atom is -0.756 e. The molecule has 272 valence electrons. The van der Waals surface area contributed by atoms with Gasteiger partial charge in [0.25, 0.3) is 13.6 Å². The Kier molecular flexibility index (Phi) is 13.2. The number of nitrogens with two attached hydrogens (primary N) is 1. The second-order valence-electron chi connectivity index (χ2n) is 11.6. The Hall–Kier alpha value is -3.08. The second-order valence-corrected chi connectivity index (χ2v) is 12.9. The standard InChI is InChI=1S/C26H42N5O16P/c1-4-5-11(2)22(38)28-9-14(34)18(35)21-17(29-12(3)32)13(33)8-26(46-21,24(39)40)47-48(42,43)44-10-15-19(36)20(37)23(45-15)31-7-6-16(27)30-25(31)41/h6-7,11,13-15,17-21,23,33-37H,4-5,8-10H2,1-3H3,(H,28,38)(H,29,32)(H,39,40)(H,42,43)(H2,27,30,41)/p-1. The summed E-state index contributed by atoms with van der Waals surface area (Å²) in [5.41, 5.74) is 4.47. The van der Waals surface area contributed by atoms with Crippen molar-refractivity contribution in [2.24, 2.45) is 5.92 Å². The summed E-state index contributed by atoms with van der Waals surface area (Å²) in [6, 6.07) is -0.405. The van der Waals surface area contributed by atoms with Crippen LogP contribution in [0.5, 0.6) is 0 Å². The van der Waals surface area contributed by atoms with Crippen LogP contribution in [0.15, 0.2) is 17.1 Å². The number of carboxylic acids is 1. The molecular weight excluding hydrogens is 669 g/mol. The van der Waals surface area contributed by atoms with Gasteiger partial charge in [-0.1, -0.05) is 20.3 Å². The van der Waals surface area contributed by atoms with E-state index in [2.05, 4.69) is 15.6 Å². The smallest absolute Gasteiger partial charge is 0.364 e. The van der Waals surface area contributed by atoms with Crippen molar-refractivity contribution in [1.82, 2.24) is 20.2 Å². The highest BCUT2D eigenvalue weighted by molar-refractivity contribution is 7.45. The quantitative estimate of drug-likeness (QED) is 0.0777. The van der Waals surface area contributed by atoms with E-state index in [-0.39, 0.29) is 5.82 Å². The van der Waals surface area contributed by atoms with Crippen LogP contribution >= 0.6 is 7.82 Å². The Bertz CT molecular complexity index is 1420. The second kappa shape index (κ2) is 16.1. The number of anilines is 1. The van der Waals surface area contributed by atoms with Crippen molar-refractivity contribution in [3.8, 4) is 0 Å². The summed E-state index contributed by atoms with van der Waals surface area (Å²) in [4.78, 5) is 65.1. The molecule has 2 amide bonds. The topological polar surface area (TPSA) is 335 Å². The van der Waals surface area contributed by atoms with Gasteiger partial charge < -0.3 is 65.9 Å². The fourth-order valence-electron chi connectivity index (χ4n) is 5.26. The predicted octanol–water partition coefficient (Wildman–Crippen LogP) is -4.34. The van der Waals surface area contributed by atoms with Crippen LogP contribution in [0.2, 0.25) is 0 Å². The van der Waals surface area contributed by atoms with E-state index < -0.39 is 118 Å². The number of aliphatic hydroxyl groups is 5. The summed E-state index contributed by atoms with van der Waals surface area (Å²) in [5, 5.41) is 67.9. The molecule has 0 spiro atoms. The van der Waals surface area contributed by atoms with Crippen LogP contribution < -0.4 is 27.0 Å². The van der Waals surface area contributed by atoms with Crippen LogP contribution in [0.25, 0.3) is 0 Å². The van der Waals surface area contributed by atoms with Gasteiger partial charge in [-0.05, 0) is 12.5 Å². The van der Waals surface area contributed by atoms with Gasteiger partial charge >= 0.3 is 11.7 Å². The molecule has 0 bridgehead atoms. The first kappa shape index (κ1) is 39.4. The highest BCUT2D eigenvalue weighted by Gasteiger charge is 2.57. The zero-order valence-corrected chi connectivity index (χ0v) is 27.0. The molecule has 2 aliphatic heterocycles. The van der Waals surface area contributed by atoms with Crippen LogP contribution in [0.4, 0.5) is 5.82 Å². The molecule has 1 aromatic rings. The third-order valence-electron chi connectivity index (χ3n) is 7.77. The monoisotopic (exact) mass is 710 g/mol. The zero-order chi connectivity index (χ0) is 36.1. The largest absolute Gasteiger partial charge is 0.756 e. The maximum atomic E-state index is 12.9. The molecule has 3 heterocycles. The van der Waals surface area contributed by atoms with Crippen molar-refractivity contribution in [2.75, 3.05) is 18.9 Å². The lowest BCUT2D eigenvalue weighted by molar-refractivity contribution is -0.313. The number of carboxylic acid groups (broad SMARTS) is 1. The first-order valence-corrected chi connectivity index (χ1v) is 16.3. The lowest BCUT2D eigenvalue weighted by Gasteiger charge is -2.47. The molecule has 10 N–H and O–H groups in total. The fourth-order valence-corrected chi connectivity index (χ4v) is 6.20. The summed E-state index contributed by atoms with van der Waals surface area (Å²) in [7, 11) is -5.81. The number of rotatable bonds is 15. The van der Waals surface area contributed by atoms with Crippen molar-refractivity contribution in [3.63, 3.8) is 0 Å². The number of hydrogen-bond donors (Lipinski definition) is 9. The highest BCUT2D eigenvalue weighted by Crippen LogP contribution is 2.48. The third-order valence-corrected chi connectivity index (χ3v) is 8.76. The minimum absolute atomic E-state index is 0.146. The maximum absolute atomic E-state index is 12.9. The number of amides is 2. The summed E-state index contributed by atoms with van der Waals surface area (Å²) < 4.78 is 34.0. The lowest BCUT2D eigenvalue weighted by Crippen LogP contribution is -2.68. The number of carbonyl (C=O) groups is 3. The molecule has 2 aliphatic rings. The Morgan fingerprint density at radius 1 is 1.27 bits per heavy atom. The number of ether oxygens (including phenoxy) is 2. The van der Waals surface area contributed by atoms with Gasteiger partial charge in [-0.2, -0.15) is 4.98 Å². The molecule has 0 aromatic carbocycles. The molecule has 2 saturated heterocycles. The average molecular weight is 711 g/mol. The fraction of sp³-hybridized carbons (Fsp3) is 0.731. The molecular formula is C26H41N5O16P-. The van der Waals surface area contributed by atoms with Crippen molar-refractivity contribution in [1.29, 1.82) is 0 Å². The molecule has 2 fully saturated rings. The molecule has 3 rings (SSSR count). The third kappa shape index (κ3) is 9.33. The van der Waals surface area contributed by atoms with Crippen molar-refractivity contribution in [2.45, 2.75) is 101 Å².